The summed E-state index contributed by atoms with van der Waals surface area (Å²) in [5, 5.41) is 5.05. The first-order chi connectivity index (χ1) is 18.0. The molecule has 37 heavy (non-hydrogen) atoms. The van der Waals surface area contributed by atoms with Crippen molar-refractivity contribution >= 4 is 29.0 Å². The first-order valence-electron chi connectivity index (χ1n) is 12.7. The maximum absolute atomic E-state index is 13.6. The average molecular weight is 524 g/mol. The lowest BCUT2D eigenvalue weighted by molar-refractivity contribution is -0.946. The van der Waals surface area contributed by atoms with Crippen LogP contribution in [0.25, 0.3) is 0 Å². The van der Waals surface area contributed by atoms with E-state index < -0.39 is 12.0 Å². The van der Waals surface area contributed by atoms with Gasteiger partial charge in [-0.25, -0.2) is 14.0 Å². The lowest BCUT2D eigenvalue weighted by Crippen LogP contribution is -2.65. The largest absolute Gasteiger partial charge is 0.465 e. The van der Waals surface area contributed by atoms with Gasteiger partial charge in [-0.15, -0.1) is 11.3 Å². The molecule has 0 amide bonds. The molecule has 0 radical (unpaired) electrons. The number of hydrogen-bond donors (Lipinski definition) is 1. The molecule has 1 aromatic heterocycles. The van der Waals surface area contributed by atoms with Crippen molar-refractivity contribution < 1.29 is 27.9 Å². The number of anilines is 1. The Balaban J connectivity index is 1.30. The van der Waals surface area contributed by atoms with Crippen molar-refractivity contribution in [2.24, 2.45) is 5.92 Å². The van der Waals surface area contributed by atoms with E-state index in [0.717, 1.165) is 61.1 Å². The van der Waals surface area contributed by atoms with Gasteiger partial charge < -0.3 is 19.3 Å². The Hall–Kier alpha value is -3.23. The van der Waals surface area contributed by atoms with Gasteiger partial charge in [-0.05, 0) is 34.7 Å². The van der Waals surface area contributed by atoms with E-state index in [4.69, 9.17) is 9.47 Å². The van der Waals surface area contributed by atoms with Crippen LogP contribution in [0.5, 0.6) is 0 Å². The summed E-state index contributed by atoms with van der Waals surface area (Å²) in [6.07, 6.45) is 2.77. The van der Waals surface area contributed by atoms with Crippen molar-refractivity contribution in [1.29, 1.82) is 0 Å². The minimum Gasteiger partial charge on any atom is -0.465 e. The third-order valence-corrected chi connectivity index (χ3v) is 8.70. The Morgan fingerprint density at radius 1 is 1.08 bits per heavy atom. The summed E-state index contributed by atoms with van der Waals surface area (Å²) in [4.78, 5) is 26.3. The van der Waals surface area contributed by atoms with Crippen LogP contribution in [0.15, 0.2) is 66.0 Å². The van der Waals surface area contributed by atoms with Gasteiger partial charge in [-0.3, -0.25) is 0 Å². The van der Waals surface area contributed by atoms with Crippen LogP contribution in [0.3, 0.4) is 0 Å². The maximum Gasteiger partial charge on any atom is 0.350 e. The van der Waals surface area contributed by atoms with Crippen LogP contribution in [-0.2, 0) is 20.7 Å². The van der Waals surface area contributed by atoms with Gasteiger partial charge in [0.05, 0.1) is 32.4 Å². The second-order valence-corrected chi connectivity index (χ2v) is 10.9. The Morgan fingerprint density at radius 3 is 2.51 bits per heavy atom. The van der Waals surface area contributed by atoms with E-state index in [2.05, 4.69) is 5.32 Å². The van der Waals surface area contributed by atoms with Crippen molar-refractivity contribution in [3.63, 3.8) is 0 Å². The lowest BCUT2D eigenvalue weighted by Gasteiger charge is -2.52. The highest BCUT2D eigenvalue weighted by molar-refractivity contribution is 7.12. The first kappa shape index (κ1) is 25.4. The molecule has 194 valence electrons. The summed E-state index contributed by atoms with van der Waals surface area (Å²) in [7, 11) is 1.34. The van der Waals surface area contributed by atoms with E-state index >= 15 is 0 Å². The zero-order chi connectivity index (χ0) is 25.8. The zero-order valence-electron chi connectivity index (χ0n) is 20.9. The number of ether oxygens (including phenoxy) is 2. The summed E-state index contributed by atoms with van der Waals surface area (Å²) >= 11 is 1.27. The highest BCUT2D eigenvalue weighted by atomic mass is 32.1. The van der Waals surface area contributed by atoms with Gasteiger partial charge in [0.15, 0.2) is 12.1 Å². The number of hydrogen-bond acceptors (Lipinski definition) is 6. The van der Waals surface area contributed by atoms with Crippen LogP contribution in [0.1, 0.15) is 39.7 Å². The van der Waals surface area contributed by atoms with Crippen molar-refractivity contribution in [3.05, 3.63) is 87.9 Å². The third-order valence-electron chi connectivity index (χ3n) is 7.80. The SMILES string of the molecule is COC(=O)c1sccc1NC(C(=O)O[C@H]1C[N+]2(CCc3ccc(F)cc3)CCC1CC2)c1ccccc1. The number of rotatable bonds is 9. The summed E-state index contributed by atoms with van der Waals surface area (Å²) in [6, 6.07) is 17.2. The van der Waals surface area contributed by atoms with Gasteiger partial charge in [0, 0.05) is 25.2 Å². The first-order valence-corrected chi connectivity index (χ1v) is 13.6. The molecule has 3 aliphatic heterocycles. The Morgan fingerprint density at radius 2 is 1.81 bits per heavy atom. The normalized spacial score (nSPS) is 23.3. The van der Waals surface area contributed by atoms with Gasteiger partial charge in [-0.2, -0.15) is 0 Å². The number of fused-ring (bicyclic) bond motifs is 3. The van der Waals surface area contributed by atoms with Crippen LogP contribution in [0.4, 0.5) is 10.1 Å². The number of methoxy groups -OCH3 is 1. The van der Waals surface area contributed by atoms with Crippen molar-refractivity contribution in [2.45, 2.75) is 31.4 Å². The fourth-order valence-electron chi connectivity index (χ4n) is 5.66. The predicted molar refractivity (Wildman–Crippen MR) is 141 cm³/mol. The molecule has 6 rings (SSSR count). The number of carbonyl (C=O) groups excluding carboxylic acids is 2. The van der Waals surface area contributed by atoms with Crippen molar-refractivity contribution in [3.8, 4) is 0 Å². The topological polar surface area (TPSA) is 64.6 Å². The number of quaternary nitrogens is 1. The van der Waals surface area contributed by atoms with Crippen LogP contribution in [-0.4, -0.2) is 55.8 Å². The van der Waals surface area contributed by atoms with E-state index in [1.54, 1.807) is 11.4 Å². The average Bonchev–Trinajstić information content (AvgIpc) is 3.40. The number of nitrogens with one attached hydrogen (secondary N) is 1. The molecule has 8 heteroatoms. The Bertz CT molecular complexity index is 1220. The molecule has 2 aromatic carbocycles. The van der Waals surface area contributed by atoms with Gasteiger partial charge in [0.2, 0.25) is 0 Å². The fraction of sp³-hybridized carbons (Fsp3) is 0.379. The minimum atomic E-state index is -0.748. The van der Waals surface area contributed by atoms with Gasteiger partial charge in [0.25, 0.3) is 0 Å². The van der Waals surface area contributed by atoms with Crippen molar-refractivity contribution in [2.75, 3.05) is 38.6 Å². The molecule has 0 spiro atoms. The Kier molecular flexibility index (Phi) is 7.58. The maximum atomic E-state index is 13.6. The molecular formula is C29H32FN2O4S+. The van der Waals surface area contributed by atoms with Gasteiger partial charge in [-0.1, -0.05) is 42.5 Å². The van der Waals surface area contributed by atoms with E-state index in [-0.39, 0.29) is 17.9 Å². The molecule has 1 N–H and O–H groups in total. The number of halogens is 1. The quantitative estimate of drug-likeness (QED) is 0.308. The molecule has 4 heterocycles. The van der Waals surface area contributed by atoms with Crippen LogP contribution < -0.4 is 5.32 Å². The second-order valence-electron chi connectivity index (χ2n) is 10.0. The van der Waals surface area contributed by atoms with E-state index in [1.165, 1.54) is 30.6 Å². The number of carbonyl (C=O) groups is 2. The summed E-state index contributed by atoms with van der Waals surface area (Å²) in [6.45, 7) is 3.91. The lowest BCUT2D eigenvalue weighted by atomic mass is 9.83. The van der Waals surface area contributed by atoms with E-state index in [1.807, 2.05) is 42.5 Å². The molecule has 3 saturated heterocycles. The minimum absolute atomic E-state index is 0.154. The molecule has 3 fully saturated rings. The molecule has 1 unspecified atom stereocenters. The predicted octanol–water partition coefficient (Wildman–Crippen LogP) is 5.22. The van der Waals surface area contributed by atoms with Crippen LogP contribution >= 0.6 is 11.3 Å². The fourth-order valence-corrected chi connectivity index (χ4v) is 6.43. The smallest absolute Gasteiger partial charge is 0.350 e. The molecule has 6 nitrogen and oxygen atoms in total. The number of esters is 2. The Labute approximate surface area is 220 Å². The molecule has 3 aromatic rings. The molecular weight excluding hydrogens is 491 g/mol. The number of piperidine rings is 3. The molecule has 0 aliphatic carbocycles. The highest BCUT2D eigenvalue weighted by Crippen LogP contribution is 2.37. The van der Waals surface area contributed by atoms with E-state index in [9.17, 15) is 14.0 Å². The summed E-state index contributed by atoms with van der Waals surface area (Å²) in [5.41, 5.74) is 2.45. The van der Waals surface area contributed by atoms with Crippen LogP contribution in [0.2, 0.25) is 0 Å². The number of nitrogens with zero attached hydrogens (tertiary/aromatic N) is 1. The van der Waals surface area contributed by atoms with Crippen LogP contribution in [0, 0.1) is 11.7 Å². The highest BCUT2D eigenvalue weighted by Gasteiger charge is 2.47. The van der Waals surface area contributed by atoms with Gasteiger partial charge >= 0.3 is 11.9 Å². The molecule has 2 bridgehead atoms. The monoisotopic (exact) mass is 523 g/mol. The number of benzene rings is 2. The van der Waals surface area contributed by atoms with E-state index in [0.29, 0.717) is 16.5 Å². The molecule has 2 atom stereocenters. The van der Waals surface area contributed by atoms with Crippen molar-refractivity contribution in [1.82, 2.24) is 0 Å². The third kappa shape index (κ3) is 5.70. The van der Waals surface area contributed by atoms with Gasteiger partial charge in [0.1, 0.15) is 17.2 Å². The second kappa shape index (κ2) is 11.0. The standard InChI is InChI=1S/C29H31FN2O4S/c1-35-29(34)27-24(14-18-37-27)31-26(22-5-3-2-4-6-22)28(33)36-25-19-32(16-12-21(25)13-17-32)15-11-20-7-9-23(30)10-8-20/h2-10,14,18,21,25-26H,11-13,15-17,19H2,1H3/p+1/t21?,25-,26?,32?/m0/s1. The summed E-state index contributed by atoms with van der Waals surface area (Å²) in [5.74, 6) is -0.645. The zero-order valence-corrected chi connectivity index (χ0v) is 21.7. The number of thiophene rings is 1. The summed E-state index contributed by atoms with van der Waals surface area (Å²) < 4.78 is 25.4. The molecule has 3 aliphatic rings. The molecule has 0 saturated carbocycles.